The molecule has 0 unspecified atom stereocenters. The number of ether oxygens (including phenoxy) is 2. The van der Waals surface area contributed by atoms with Crippen LogP contribution in [0.25, 0.3) is 0 Å². The van der Waals surface area contributed by atoms with Gasteiger partial charge in [-0.1, -0.05) is 19.1 Å². The summed E-state index contributed by atoms with van der Waals surface area (Å²) in [6.45, 7) is 6.64. The Morgan fingerprint density at radius 3 is 2.47 bits per heavy atom. The molecule has 0 aliphatic carbocycles. The molecule has 0 fully saturated rings. The Hall–Kier alpha value is -1.06. The summed E-state index contributed by atoms with van der Waals surface area (Å²) in [4.78, 5) is 0. The third kappa shape index (κ3) is 5.20. The summed E-state index contributed by atoms with van der Waals surface area (Å²) in [5.74, 6) is 0.944. The number of hydrogen-bond donors (Lipinski definition) is 1. The smallest absolute Gasteiger partial charge is 0.119 e. The van der Waals surface area contributed by atoms with E-state index in [0.29, 0.717) is 6.04 Å². The first kappa shape index (κ1) is 14.0. The Kier molecular flexibility index (Phi) is 6.67. The fraction of sp³-hybridized carbons (Fsp3) is 0.571. The van der Waals surface area contributed by atoms with Crippen molar-refractivity contribution < 1.29 is 9.47 Å². The van der Waals surface area contributed by atoms with E-state index < -0.39 is 0 Å². The van der Waals surface area contributed by atoms with Crippen LogP contribution in [0.2, 0.25) is 0 Å². The molecule has 0 aliphatic rings. The average molecular weight is 237 g/mol. The molecular weight excluding hydrogens is 214 g/mol. The Balaban J connectivity index is 2.43. The zero-order chi connectivity index (χ0) is 12.5. The van der Waals surface area contributed by atoms with Crippen LogP contribution in [-0.2, 0) is 4.74 Å². The van der Waals surface area contributed by atoms with Crippen LogP contribution in [0.1, 0.15) is 31.9 Å². The summed E-state index contributed by atoms with van der Waals surface area (Å²) >= 11 is 0. The van der Waals surface area contributed by atoms with Gasteiger partial charge in [0.25, 0.3) is 0 Å². The van der Waals surface area contributed by atoms with Crippen molar-refractivity contribution in [1.82, 2.24) is 5.32 Å². The Morgan fingerprint density at radius 2 is 1.88 bits per heavy atom. The summed E-state index contributed by atoms with van der Waals surface area (Å²) in [6.07, 6.45) is 1.04. The molecule has 1 aromatic carbocycles. The van der Waals surface area contributed by atoms with Crippen LogP contribution in [0.3, 0.4) is 0 Å². The van der Waals surface area contributed by atoms with Gasteiger partial charge in [-0.05, 0) is 31.0 Å². The predicted octanol–water partition coefficient (Wildman–Crippen LogP) is 2.77. The number of rotatable bonds is 8. The molecular formula is C14H23NO2. The van der Waals surface area contributed by atoms with Crippen molar-refractivity contribution in [2.24, 2.45) is 0 Å². The highest BCUT2D eigenvalue weighted by Crippen LogP contribution is 2.17. The molecule has 1 atom stereocenters. The van der Waals surface area contributed by atoms with E-state index >= 15 is 0 Å². The zero-order valence-corrected chi connectivity index (χ0v) is 11.0. The molecule has 0 radical (unpaired) electrons. The standard InChI is InChI=1S/C14H23NO2/c1-4-10-17-14-7-5-13(6-8-14)12(2)15-9-11-16-3/h5-8,12,15H,4,9-11H2,1-3H3/t12-/m1/s1. The third-order valence-corrected chi connectivity index (χ3v) is 2.61. The summed E-state index contributed by atoms with van der Waals surface area (Å²) in [5.41, 5.74) is 1.27. The summed E-state index contributed by atoms with van der Waals surface area (Å²) in [7, 11) is 1.71. The molecule has 0 spiro atoms. The van der Waals surface area contributed by atoms with E-state index in [4.69, 9.17) is 9.47 Å². The van der Waals surface area contributed by atoms with Crippen molar-refractivity contribution >= 4 is 0 Å². The van der Waals surface area contributed by atoms with Crippen molar-refractivity contribution in [2.75, 3.05) is 26.9 Å². The first-order chi connectivity index (χ1) is 8.27. The van der Waals surface area contributed by atoms with Gasteiger partial charge < -0.3 is 14.8 Å². The number of methoxy groups -OCH3 is 1. The Labute approximate surface area is 104 Å². The predicted molar refractivity (Wildman–Crippen MR) is 70.5 cm³/mol. The maximum Gasteiger partial charge on any atom is 0.119 e. The first-order valence-electron chi connectivity index (χ1n) is 6.23. The minimum atomic E-state index is 0.338. The van der Waals surface area contributed by atoms with Crippen LogP contribution in [0.5, 0.6) is 5.75 Å². The average Bonchev–Trinajstić information content (AvgIpc) is 2.37. The van der Waals surface area contributed by atoms with Crippen molar-refractivity contribution in [3.63, 3.8) is 0 Å². The Bertz CT molecular complexity index is 298. The molecule has 0 saturated heterocycles. The second-order valence-corrected chi connectivity index (χ2v) is 4.09. The number of benzene rings is 1. The van der Waals surface area contributed by atoms with E-state index in [1.54, 1.807) is 7.11 Å². The summed E-state index contributed by atoms with van der Waals surface area (Å²) in [6, 6.07) is 8.61. The third-order valence-electron chi connectivity index (χ3n) is 2.61. The molecule has 0 aliphatic heterocycles. The van der Waals surface area contributed by atoms with Crippen LogP contribution < -0.4 is 10.1 Å². The van der Waals surface area contributed by atoms with E-state index in [-0.39, 0.29) is 0 Å². The second-order valence-electron chi connectivity index (χ2n) is 4.09. The van der Waals surface area contributed by atoms with Crippen LogP contribution in [0.4, 0.5) is 0 Å². The molecule has 3 nitrogen and oxygen atoms in total. The topological polar surface area (TPSA) is 30.5 Å². The summed E-state index contributed by atoms with van der Waals surface area (Å²) < 4.78 is 10.6. The van der Waals surface area contributed by atoms with Gasteiger partial charge in [0.15, 0.2) is 0 Å². The van der Waals surface area contributed by atoms with Gasteiger partial charge in [-0.2, -0.15) is 0 Å². The highest BCUT2D eigenvalue weighted by Gasteiger charge is 2.04. The molecule has 17 heavy (non-hydrogen) atoms. The molecule has 0 saturated carbocycles. The molecule has 1 rings (SSSR count). The van der Waals surface area contributed by atoms with Crippen LogP contribution in [0.15, 0.2) is 24.3 Å². The molecule has 0 heterocycles. The lowest BCUT2D eigenvalue weighted by atomic mass is 10.1. The number of nitrogens with one attached hydrogen (secondary N) is 1. The second kappa shape index (κ2) is 8.09. The van der Waals surface area contributed by atoms with Crippen molar-refractivity contribution in [1.29, 1.82) is 0 Å². The van der Waals surface area contributed by atoms with Crippen molar-refractivity contribution in [3.05, 3.63) is 29.8 Å². The van der Waals surface area contributed by atoms with Crippen LogP contribution >= 0.6 is 0 Å². The largest absolute Gasteiger partial charge is 0.494 e. The van der Waals surface area contributed by atoms with E-state index in [9.17, 15) is 0 Å². The monoisotopic (exact) mass is 237 g/mol. The fourth-order valence-electron chi connectivity index (χ4n) is 1.57. The molecule has 0 amide bonds. The van der Waals surface area contributed by atoms with E-state index in [1.165, 1.54) is 5.56 Å². The van der Waals surface area contributed by atoms with Gasteiger partial charge in [-0.3, -0.25) is 0 Å². The normalized spacial score (nSPS) is 12.4. The minimum Gasteiger partial charge on any atom is -0.494 e. The highest BCUT2D eigenvalue weighted by atomic mass is 16.5. The lowest BCUT2D eigenvalue weighted by molar-refractivity contribution is 0.196. The summed E-state index contributed by atoms with van der Waals surface area (Å²) in [5, 5.41) is 3.40. The molecule has 0 aromatic heterocycles. The van der Waals surface area contributed by atoms with Gasteiger partial charge >= 0.3 is 0 Å². The van der Waals surface area contributed by atoms with Crippen molar-refractivity contribution in [3.8, 4) is 5.75 Å². The first-order valence-corrected chi connectivity index (χ1v) is 6.23. The van der Waals surface area contributed by atoms with Gasteiger partial charge in [-0.25, -0.2) is 0 Å². The van der Waals surface area contributed by atoms with Gasteiger partial charge in [0.1, 0.15) is 5.75 Å². The lowest BCUT2D eigenvalue weighted by Crippen LogP contribution is -2.22. The fourth-order valence-corrected chi connectivity index (χ4v) is 1.57. The lowest BCUT2D eigenvalue weighted by Gasteiger charge is -2.14. The molecule has 1 aromatic rings. The van der Waals surface area contributed by atoms with Gasteiger partial charge in [-0.15, -0.1) is 0 Å². The quantitative estimate of drug-likeness (QED) is 0.705. The maximum absolute atomic E-state index is 5.55. The van der Waals surface area contributed by atoms with Gasteiger partial charge in [0.2, 0.25) is 0 Å². The molecule has 3 heteroatoms. The molecule has 1 N–H and O–H groups in total. The van der Waals surface area contributed by atoms with Crippen LogP contribution in [-0.4, -0.2) is 26.9 Å². The number of hydrogen-bond acceptors (Lipinski definition) is 3. The minimum absolute atomic E-state index is 0.338. The zero-order valence-electron chi connectivity index (χ0n) is 11.0. The maximum atomic E-state index is 5.55. The SMILES string of the molecule is CCCOc1ccc([C@@H](C)NCCOC)cc1. The van der Waals surface area contributed by atoms with Crippen LogP contribution in [0, 0.1) is 0 Å². The van der Waals surface area contributed by atoms with Crippen molar-refractivity contribution in [2.45, 2.75) is 26.3 Å². The highest BCUT2D eigenvalue weighted by molar-refractivity contribution is 5.28. The molecule has 96 valence electrons. The molecule has 0 bridgehead atoms. The van der Waals surface area contributed by atoms with E-state index in [2.05, 4.69) is 31.3 Å². The van der Waals surface area contributed by atoms with Gasteiger partial charge in [0, 0.05) is 19.7 Å². The Morgan fingerprint density at radius 1 is 1.18 bits per heavy atom. The van der Waals surface area contributed by atoms with E-state index in [0.717, 1.165) is 31.9 Å². The van der Waals surface area contributed by atoms with Gasteiger partial charge in [0.05, 0.1) is 13.2 Å². The van der Waals surface area contributed by atoms with E-state index in [1.807, 2.05) is 12.1 Å².